The van der Waals surface area contributed by atoms with Crippen LogP contribution in [0.2, 0.25) is 0 Å². The molecule has 2 aromatic carbocycles. The summed E-state index contributed by atoms with van der Waals surface area (Å²) in [5.41, 5.74) is 6.73. The number of hydrogen-bond acceptors (Lipinski definition) is 8. The summed E-state index contributed by atoms with van der Waals surface area (Å²) in [6.45, 7) is 12.0. The Morgan fingerprint density at radius 3 is 2.33 bits per heavy atom. The third-order valence-corrected chi connectivity index (χ3v) is 13.7. The monoisotopic (exact) mass is 751 g/mol. The molecular weight excluding hydrogens is 703 g/mol. The van der Waals surface area contributed by atoms with Gasteiger partial charge in [0.1, 0.15) is 17.3 Å². The number of anilines is 1. The third kappa shape index (κ3) is 6.41. The zero-order valence-electron chi connectivity index (χ0n) is 31.3. The first-order chi connectivity index (χ1) is 25.9. The molecule has 8 rings (SSSR count). The van der Waals surface area contributed by atoms with Gasteiger partial charge in [-0.1, -0.05) is 44.6 Å². The highest BCUT2D eigenvalue weighted by molar-refractivity contribution is 7.90. The Bertz CT molecular complexity index is 2160. The van der Waals surface area contributed by atoms with Crippen molar-refractivity contribution < 1.29 is 27.5 Å². The average molecular weight is 752 g/mol. The smallest absolute Gasteiger partial charge is 0.264 e. The van der Waals surface area contributed by atoms with Crippen LogP contribution in [0.1, 0.15) is 126 Å². The Labute approximate surface area is 317 Å². The molecule has 54 heavy (non-hydrogen) atoms. The lowest BCUT2D eigenvalue weighted by Gasteiger charge is -2.36. The maximum absolute atomic E-state index is 14.5. The molecule has 1 aromatic heterocycles. The molecule has 0 spiro atoms. The largest absolute Gasteiger partial charge is 0.497 e. The number of fused-ring (bicyclic) bond motifs is 5. The average Bonchev–Trinajstić information content (AvgIpc) is 3.63. The van der Waals surface area contributed by atoms with Crippen LogP contribution < -0.4 is 14.4 Å². The molecular formula is C42H49N5O6S. The molecule has 284 valence electrons. The number of methoxy groups -OCH3 is 1. The molecule has 5 aliphatic rings. The summed E-state index contributed by atoms with van der Waals surface area (Å²) in [7, 11) is -2.17. The molecule has 12 heteroatoms. The van der Waals surface area contributed by atoms with E-state index in [1.54, 1.807) is 38.1 Å². The molecule has 3 fully saturated rings. The van der Waals surface area contributed by atoms with E-state index in [4.69, 9.17) is 14.6 Å². The van der Waals surface area contributed by atoms with Crippen LogP contribution in [0.5, 0.6) is 5.75 Å². The topological polar surface area (TPSA) is 123 Å². The van der Waals surface area contributed by atoms with Crippen LogP contribution in [0.4, 0.5) is 5.69 Å². The van der Waals surface area contributed by atoms with E-state index in [-0.39, 0.29) is 42.6 Å². The van der Waals surface area contributed by atoms with E-state index in [2.05, 4.69) is 41.0 Å². The Hall–Kier alpha value is -4.84. The van der Waals surface area contributed by atoms with Gasteiger partial charge >= 0.3 is 0 Å². The zero-order valence-corrected chi connectivity index (χ0v) is 32.2. The first kappa shape index (κ1) is 36.2. The summed E-state index contributed by atoms with van der Waals surface area (Å²) in [6, 6.07) is 12.0. The number of benzene rings is 2. The first-order valence-corrected chi connectivity index (χ1v) is 20.7. The van der Waals surface area contributed by atoms with Gasteiger partial charge in [0, 0.05) is 23.7 Å². The maximum Gasteiger partial charge on any atom is 0.264 e. The van der Waals surface area contributed by atoms with Crippen molar-refractivity contribution >= 4 is 39.2 Å². The maximum atomic E-state index is 14.5. The number of carbonyl (C=O) groups is 2. The highest BCUT2D eigenvalue weighted by Gasteiger charge is 2.46. The first-order valence-electron chi connectivity index (χ1n) is 19.2. The van der Waals surface area contributed by atoms with Crippen molar-refractivity contribution in [1.82, 2.24) is 19.4 Å². The van der Waals surface area contributed by atoms with Gasteiger partial charge in [0.2, 0.25) is 10.0 Å². The zero-order chi connectivity index (χ0) is 37.9. The minimum atomic E-state index is -3.84. The van der Waals surface area contributed by atoms with Gasteiger partial charge < -0.3 is 19.3 Å². The number of nitrogens with zero attached hydrogens (tertiary/aromatic N) is 4. The van der Waals surface area contributed by atoms with Crippen LogP contribution in [-0.4, -0.2) is 66.9 Å². The molecule has 1 saturated heterocycles. The molecule has 3 aliphatic heterocycles. The van der Waals surface area contributed by atoms with Gasteiger partial charge in [0.15, 0.2) is 0 Å². The molecule has 11 nitrogen and oxygen atoms in total. The van der Waals surface area contributed by atoms with E-state index in [0.717, 1.165) is 71.5 Å². The van der Waals surface area contributed by atoms with Crippen molar-refractivity contribution in [1.29, 1.82) is 0 Å². The van der Waals surface area contributed by atoms with Gasteiger partial charge in [-0.2, -0.15) is 5.10 Å². The van der Waals surface area contributed by atoms with Crippen LogP contribution in [0.15, 0.2) is 67.3 Å². The standard InChI is InChI=1S/C42H49N5O6S/c1-25(2)54(50,51)44-41(48)29-14-16-35-37(20-29)46-24-31(18-30-19-33(52-5)15-17-34(30)40(46)38(35)28-10-7-6-8-11-28)39-36(21-43-47(39)32-12-9-13-32)42(49)45-22-26(3)53-27(4)23-45/h14-21,25,28,32,38,40H,3-4,6-13,22-24H2,1-2,5H3,(H,44,48). The van der Waals surface area contributed by atoms with Crippen LogP contribution in [0, 0.1) is 5.92 Å². The van der Waals surface area contributed by atoms with Crippen LogP contribution in [0.3, 0.4) is 0 Å². The van der Waals surface area contributed by atoms with Gasteiger partial charge in [-0.05, 0) is 104 Å². The van der Waals surface area contributed by atoms with E-state index >= 15 is 0 Å². The summed E-state index contributed by atoms with van der Waals surface area (Å²) in [5.74, 6) is 1.42. The normalized spacial score (nSPS) is 21.7. The van der Waals surface area contributed by atoms with Gasteiger partial charge in [0.05, 0.1) is 55.0 Å². The molecule has 2 atom stereocenters. The van der Waals surface area contributed by atoms with E-state index in [9.17, 15) is 18.0 Å². The Kier molecular flexibility index (Phi) is 9.44. The Morgan fingerprint density at radius 2 is 1.67 bits per heavy atom. The molecule has 2 amide bonds. The fourth-order valence-electron chi connectivity index (χ4n) is 9.03. The molecule has 4 heterocycles. The van der Waals surface area contributed by atoms with E-state index < -0.39 is 21.2 Å². The minimum absolute atomic E-state index is 0.0689. The summed E-state index contributed by atoms with van der Waals surface area (Å²) >= 11 is 0. The fraction of sp³-hybridized carbons (Fsp3) is 0.452. The number of nitrogens with one attached hydrogen (secondary N) is 1. The van der Waals surface area contributed by atoms with Gasteiger partial charge in [0.25, 0.3) is 11.8 Å². The lowest BCUT2D eigenvalue weighted by Crippen LogP contribution is -2.39. The van der Waals surface area contributed by atoms with E-state index in [1.165, 1.54) is 19.3 Å². The lowest BCUT2D eigenvalue weighted by molar-refractivity contribution is 0.0679. The molecule has 3 aromatic rings. The molecule has 2 unspecified atom stereocenters. The molecule has 1 N–H and O–H groups in total. The Morgan fingerprint density at radius 1 is 0.944 bits per heavy atom. The molecule has 2 saturated carbocycles. The van der Waals surface area contributed by atoms with Crippen molar-refractivity contribution in [3.8, 4) is 5.75 Å². The van der Waals surface area contributed by atoms with Crippen molar-refractivity contribution in [2.24, 2.45) is 5.92 Å². The number of ether oxygens (including phenoxy) is 2. The second kappa shape index (κ2) is 14.1. The number of sulfonamides is 1. The quantitative estimate of drug-likeness (QED) is 0.253. The van der Waals surface area contributed by atoms with Crippen molar-refractivity contribution in [3.05, 3.63) is 101 Å². The summed E-state index contributed by atoms with van der Waals surface area (Å²) in [4.78, 5) is 32.1. The van der Waals surface area contributed by atoms with E-state index in [0.29, 0.717) is 29.5 Å². The summed E-state index contributed by atoms with van der Waals surface area (Å²) < 4.78 is 41.3. The minimum Gasteiger partial charge on any atom is -0.497 e. The molecule has 0 radical (unpaired) electrons. The number of morpholine rings is 1. The SMILES string of the molecule is C=C1CN(C(=O)c2cnn(C3CCC3)c2C2=Cc3cc(OC)ccc3C3C(C4CCCCC4)c4ccc(C(=O)NS(=O)(=O)C(C)C)cc4N3C2)CC(=C)O1. The highest BCUT2D eigenvalue weighted by Crippen LogP contribution is 2.57. The van der Waals surface area contributed by atoms with Gasteiger partial charge in [-0.15, -0.1) is 0 Å². The van der Waals surface area contributed by atoms with Crippen molar-refractivity contribution in [3.63, 3.8) is 0 Å². The summed E-state index contributed by atoms with van der Waals surface area (Å²) in [5, 5.41) is 4.13. The molecule has 0 bridgehead atoms. The highest BCUT2D eigenvalue weighted by atomic mass is 32.2. The third-order valence-electron chi connectivity index (χ3n) is 12.0. The number of rotatable bonds is 8. The van der Waals surface area contributed by atoms with E-state index in [1.807, 2.05) is 22.9 Å². The molecule has 2 aliphatic carbocycles. The number of carbonyl (C=O) groups excluding carboxylic acids is 2. The number of hydrogen-bond donors (Lipinski definition) is 1. The second-order valence-electron chi connectivity index (χ2n) is 15.7. The predicted octanol–water partition coefficient (Wildman–Crippen LogP) is 7.36. The number of amides is 2. The summed E-state index contributed by atoms with van der Waals surface area (Å²) in [6.07, 6.45) is 12.7. The Balaban J connectivity index is 1.29. The van der Waals surface area contributed by atoms with Gasteiger partial charge in [-0.25, -0.2) is 13.1 Å². The predicted molar refractivity (Wildman–Crippen MR) is 209 cm³/mol. The van der Waals surface area contributed by atoms with Crippen LogP contribution in [0.25, 0.3) is 11.6 Å². The van der Waals surface area contributed by atoms with Gasteiger partial charge in [-0.3, -0.25) is 14.3 Å². The van der Waals surface area contributed by atoms with Crippen LogP contribution >= 0.6 is 0 Å². The second-order valence-corrected chi connectivity index (χ2v) is 18.0. The number of aromatic nitrogens is 2. The fourth-order valence-corrected chi connectivity index (χ4v) is 9.64. The van der Waals surface area contributed by atoms with Crippen molar-refractivity contribution in [2.75, 3.05) is 31.6 Å². The lowest BCUT2D eigenvalue weighted by atomic mass is 9.73. The van der Waals surface area contributed by atoms with Crippen molar-refractivity contribution in [2.45, 2.75) is 88.5 Å². The van der Waals surface area contributed by atoms with Crippen LogP contribution in [-0.2, 0) is 14.8 Å².